The number of rotatable bonds is 3. The fraction of sp³-hybridized carbons (Fsp3) is 0.300. The van der Waals surface area contributed by atoms with Crippen molar-refractivity contribution in [1.29, 1.82) is 0 Å². The van der Waals surface area contributed by atoms with Gasteiger partial charge in [0.25, 0.3) is 0 Å². The molecule has 5 nitrogen and oxygen atoms in total. The summed E-state index contributed by atoms with van der Waals surface area (Å²) in [6.07, 6.45) is 6.79. The SMILES string of the molecule is CC1=CNN(Cc2ccccn2)C(N2CCc3ncccc3C2)=C1C. The van der Waals surface area contributed by atoms with Crippen LogP contribution in [0.5, 0.6) is 0 Å². The van der Waals surface area contributed by atoms with E-state index in [0.717, 1.165) is 31.7 Å². The van der Waals surface area contributed by atoms with Crippen molar-refractivity contribution in [3.63, 3.8) is 0 Å². The molecule has 0 spiro atoms. The third-order valence-corrected chi connectivity index (χ3v) is 4.93. The quantitative estimate of drug-likeness (QED) is 0.935. The van der Waals surface area contributed by atoms with Crippen molar-refractivity contribution in [2.45, 2.75) is 33.4 Å². The second kappa shape index (κ2) is 6.59. The first kappa shape index (κ1) is 15.7. The van der Waals surface area contributed by atoms with E-state index in [9.17, 15) is 0 Å². The van der Waals surface area contributed by atoms with Crippen LogP contribution in [0.1, 0.15) is 30.8 Å². The molecule has 4 rings (SSSR count). The Kier molecular flexibility index (Phi) is 4.14. The van der Waals surface area contributed by atoms with Gasteiger partial charge in [0.2, 0.25) is 0 Å². The summed E-state index contributed by atoms with van der Waals surface area (Å²) in [5, 5.41) is 2.20. The van der Waals surface area contributed by atoms with Gasteiger partial charge in [-0.3, -0.25) is 15.0 Å². The number of aromatic nitrogens is 2. The fourth-order valence-electron chi connectivity index (χ4n) is 3.45. The van der Waals surface area contributed by atoms with Crippen LogP contribution in [0.4, 0.5) is 0 Å². The largest absolute Gasteiger partial charge is 0.352 e. The highest BCUT2D eigenvalue weighted by molar-refractivity contribution is 5.35. The van der Waals surface area contributed by atoms with E-state index < -0.39 is 0 Å². The number of hydrogen-bond acceptors (Lipinski definition) is 5. The lowest BCUT2D eigenvalue weighted by molar-refractivity contribution is 0.151. The molecule has 2 aromatic heterocycles. The summed E-state index contributed by atoms with van der Waals surface area (Å²) in [4.78, 5) is 11.5. The molecular formula is C20H23N5. The summed E-state index contributed by atoms with van der Waals surface area (Å²) in [7, 11) is 0. The molecule has 0 atom stereocenters. The molecule has 128 valence electrons. The predicted octanol–water partition coefficient (Wildman–Crippen LogP) is 2.99. The first-order chi connectivity index (χ1) is 12.2. The van der Waals surface area contributed by atoms with Gasteiger partial charge in [-0.15, -0.1) is 0 Å². The molecule has 0 saturated heterocycles. The van der Waals surface area contributed by atoms with E-state index in [1.54, 1.807) is 0 Å². The summed E-state index contributed by atoms with van der Waals surface area (Å²) in [5.74, 6) is 1.24. The number of fused-ring (bicyclic) bond motifs is 1. The topological polar surface area (TPSA) is 44.3 Å². The highest BCUT2D eigenvalue weighted by Crippen LogP contribution is 2.28. The molecule has 0 unspecified atom stereocenters. The standard InChI is InChI=1S/C20H23N5/c1-15-12-23-25(14-18-7-3-4-9-21-18)20(16(15)2)24-11-8-19-17(13-24)6-5-10-22-19/h3-7,9-10,12,23H,8,11,13-14H2,1-2H3. The van der Waals surface area contributed by atoms with Crippen LogP contribution in [-0.4, -0.2) is 26.4 Å². The van der Waals surface area contributed by atoms with Gasteiger partial charge >= 0.3 is 0 Å². The molecular weight excluding hydrogens is 310 g/mol. The minimum atomic E-state index is 0.730. The van der Waals surface area contributed by atoms with Gasteiger partial charge in [0, 0.05) is 43.8 Å². The first-order valence-electron chi connectivity index (χ1n) is 8.72. The van der Waals surface area contributed by atoms with Crippen LogP contribution in [0.15, 0.2) is 65.9 Å². The monoisotopic (exact) mass is 333 g/mol. The van der Waals surface area contributed by atoms with Crippen LogP contribution in [0.2, 0.25) is 0 Å². The lowest BCUT2D eigenvalue weighted by atomic mass is 10.0. The molecule has 25 heavy (non-hydrogen) atoms. The van der Waals surface area contributed by atoms with E-state index in [1.165, 1.54) is 28.2 Å². The van der Waals surface area contributed by atoms with Gasteiger partial charge in [-0.1, -0.05) is 12.1 Å². The Morgan fingerprint density at radius 2 is 1.96 bits per heavy atom. The van der Waals surface area contributed by atoms with Crippen molar-refractivity contribution >= 4 is 0 Å². The van der Waals surface area contributed by atoms with Crippen LogP contribution < -0.4 is 5.43 Å². The molecule has 4 heterocycles. The second-order valence-electron chi connectivity index (χ2n) is 6.59. The zero-order valence-corrected chi connectivity index (χ0v) is 14.7. The van der Waals surface area contributed by atoms with E-state index in [4.69, 9.17) is 0 Å². The van der Waals surface area contributed by atoms with Crippen LogP contribution in [0.25, 0.3) is 0 Å². The number of nitrogens with one attached hydrogen (secondary N) is 1. The smallest absolute Gasteiger partial charge is 0.127 e. The van der Waals surface area contributed by atoms with Crippen LogP contribution in [0, 0.1) is 0 Å². The van der Waals surface area contributed by atoms with Gasteiger partial charge in [0.1, 0.15) is 5.82 Å². The zero-order chi connectivity index (χ0) is 17.2. The van der Waals surface area contributed by atoms with Crippen molar-refractivity contribution in [3.05, 3.63) is 82.8 Å². The third-order valence-electron chi connectivity index (χ3n) is 4.93. The van der Waals surface area contributed by atoms with Crippen LogP contribution in [0.3, 0.4) is 0 Å². The number of allylic oxidation sites excluding steroid dienone is 2. The van der Waals surface area contributed by atoms with Gasteiger partial charge in [0.15, 0.2) is 0 Å². The molecule has 0 radical (unpaired) electrons. The normalized spacial score (nSPS) is 17.1. The minimum absolute atomic E-state index is 0.730. The summed E-state index contributed by atoms with van der Waals surface area (Å²) in [5.41, 5.74) is 9.60. The lowest BCUT2D eigenvalue weighted by Crippen LogP contribution is -2.45. The zero-order valence-electron chi connectivity index (χ0n) is 14.7. The Morgan fingerprint density at radius 3 is 2.80 bits per heavy atom. The molecule has 0 aromatic carbocycles. The van der Waals surface area contributed by atoms with Crippen molar-refractivity contribution in [2.75, 3.05) is 6.54 Å². The Labute approximate surface area is 148 Å². The maximum Gasteiger partial charge on any atom is 0.127 e. The molecule has 2 aliphatic rings. The van der Waals surface area contributed by atoms with Gasteiger partial charge in [0.05, 0.1) is 12.2 Å². The third kappa shape index (κ3) is 3.09. The van der Waals surface area contributed by atoms with Crippen molar-refractivity contribution in [1.82, 2.24) is 25.3 Å². The number of pyridine rings is 2. The van der Waals surface area contributed by atoms with Gasteiger partial charge in [-0.05, 0) is 48.8 Å². The Balaban J connectivity index is 1.64. The van der Waals surface area contributed by atoms with Crippen LogP contribution >= 0.6 is 0 Å². The average Bonchev–Trinajstić information content (AvgIpc) is 2.65. The second-order valence-corrected chi connectivity index (χ2v) is 6.59. The van der Waals surface area contributed by atoms with Crippen LogP contribution in [-0.2, 0) is 19.5 Å². The number of hydrogen-bond donors (Lipinski definition) is 1. The first-order valence-corrected chi connectivity index (χ1v) is 8.72. The summed E-state index contributed by atoms with van der Waals surface area (Å²) >= 11 is 0. The molecule has 0 aliphatic carbocycles. The highest BCUT2D eigenvalue weighted by atomic mass is 15.6. The van der Waals surface area contributed by atoms with Gasteiger partial charge in [-0.25, -0.2) is 0 Å². The molecule has 2 aromatic rings. The van der Waals surface area contributed by atoms with Crippen molar-refractivity contribution in [3.8, 4) is 0 Å². The van der Waals surface area contributed by atoms with Crippen molar-refractivity contribution < 1.29 is 0 Å². The molecule has 1 N–H and O–H groups in total. The molecule has 0 amide bonds. The maximum atomic E-state index is 4.53. The molecule has 2 aliphatic heterocycles. The van der Waals surface area contributed by atoms with E-state index in [2.05, 4.69) is 57.5 Å². The number of hydrazine groups is 1. The van der Waals surface area contributed by atoms with Crippen molar-refractivity contribution in [2.24, 2.45) is 0 Å². The summed E-state index contributed by atoms with van der Waals surface area (Å²) < 4.78 is 0. The summed E-state index contributed by atoms with van der Waals surface area (Å²) in [6, 6.07) is 10.3. The molecule has 0 saturated carbocycles. The molecule has 0 bridgehead atoms. The lowest BCUT2D eigenvalue weighted by Gasteiger charge is -2.41. The average molecular weight is 333 g/mol. The Bertz CT molecular complexity index is 825. The molecule has 5 heteroatoms. The van der Waals surface area contributed by atoms with E-state index in [-0.39, 0.29) is 0 Å². The van der Waals surface area contributed by atoms with Gasteiger partial charge in [-0.2, -0.15) is 0 Å². The fourth-order valence-corrected chi connectivity index (χ4v) is 3.45. The Hall–Kier alpha value is -2.82. The highest BCUT2D eigenvalue weighted by Gasteiger charge is 2.26. The predicted molar refractivity (Wildman–Crippen MR) is 97.7 cm³/mol. The summed E-state index contributed by atoms with van der Waals surface area (Å²) in [6.45, 7) is 6.95. The van der Waals surface area contributed by atoms with E-state index in [1.807, 2.05) is 30.6 Å². The maximum absolute atomic E-state index is 4.53. The molecule has 0 fully saturated rings. The Morgan fingerprint density at radius 1 is 1.08 bits per heavy atom. The van der Waals surface area contributed by atoms with E-state index in [0.29, 0.717) is 0 Å². The number of nitrogens with zero attached hydrogens (tertiary/aromatic N) is 4. The van der Waals surface area contributed by atoms with Gasteiger partial charge < -0.3 is 10.3 Å². The minimum Gasteiger partial charge on any atom is -0.352 e. The van der Waals surface area contributed by atoms with E-state index >= 15 is 0 Å².